The van der Waals surface area contributed by atoms with Crippen molar-refractivity contribution in [2.75, 3.05) is 75.9 Å². The molecular formula is C50H66N4O23S4. The predicted octanol–water partition coefficient (Wildman–Crippen LogP) is 3.18. The summed E-state index contributed by atoms with van der Waals surface area (Å²) < 4.78 is 24.5. The number of carbonyl (C=O) groups is 15. The van der Waals surface area contributed by atoms with Crippen LogP contribution in [0.25, 0.3) is 0 Å². The molecule has 4 fully saturated rings. The van der Waals surface area contributed by atoms with E-state index in [0.29, 0.717) is 76.0 Å². The smallest absolute Gasteiger partial charge is 0.333 e. The Hall–Kier alpha value is -5.57. The molecule has 4 aliphatic rings. The van der Waals surface area contributed by atoms with Crippen LogP contribution in [-0.4, -0.2) is 182 Å². The Bertz CT molecular complexity index is 1970. The van der Waals surface area contributed by atoms with E-state index < -0.39 is 70.6 Å². The van der Waals surface area contributed by atoms with E-state index in [1.165, 1.54) is 0 Å². The van der Waals surface area contributed by atoms with Gasteiger partial charge in [0, 0.05) is 120 Å². The molecule has 27 nitrogen and oxygen atoms in total. The molecule has 0 aliphatic carbocycles. The molecule has 0 aromatic rings. The van der Waals surface area contributed by atoms with Crippen LogP contribution in [-0.2, 0) is 110 Å². The van der Waals surface area contributed by atoms with Gasteiger partial charge < -0.3 is 38.3 Å². The molecule has 0 N–H and O–H groups in total. The van der Waals surface area contributed by atoms with Crippen molar-refractivity contribution in [2.24, 2.45) is 5.41 Å². The molecule has 448 valence electrons. The Morgan fingerprint density at radius 3 is 0.802 bits per heavy atom. The molecule has 4 rings (SSSR count). The number of imide groups is 3. The summed E-state index contributed by atoms with van der Waals surface area (Å²) in [5, 5.41) is 0.826. The first kappa shape index (κ1) is 67.9. The SMILES string of the molecule is C=C1CCC(=O)N1OC(=O)CCC(=O)SCCCOCC(COCCCSC(=O)CCC(=O)ON1C(=O)CCC1=O)(COCCCSC(=O)CCC(=O)ON1C(=O)CCC1=O)COCCCSC(=O)CCC(=O)ON1C(=O)CCC1=O. The quantitative estimate of drug-likeness (QED) is 0.0628. The lowest BCUT2D eigenvalue weighted by Gasteiger charge is -2.33. The van der Waals surface area contributed by atoms with Crippen LogP contribution in [0.3, 0.4) is 0 Å². The van der Waals surface area contributed by atoms with E-state index in [0.717, 1.165) is 52.1 Å². The molecule has 0 spiro atoms. The van der Waals surface area contributed by atoms with E-state index in [9.17, 15) is 71.9 Å². The van der Waals surface area contributed by atoms with Gasteiger partial charge in [-0.25, -0.2) is 19.2 Å². The third kappa shape index (κ3) is 26.1. The van der Waals surface area contributed by atoms with Crippen LogP contribution in [0.5, 0.6) is 0 Å². The zero-order chi connectivity index (χ0) is 59.2. The topological polar surface area (TPSA) is 343 Å². The molecule has 4 saturated heterocycles. The van der Waals surface area contributed by atoms with E-state index in [-0.39, 0.29) is 170 Å². The minimum atomic E-state index is -0.977. The lowest BCUT2D eigenvalue weighted by Crippen LogP contribution is -2.42. The lowest BCUT2D eigenvalue weighted by molar-refractivity contribution is -0.197. The van der Waals surface area contributed by atoms with Crippen molar-refractivity contribution in [1.82, 2.24) is 20.3 Å². The second-order valence-electron chi connectivity index (χ2n) is 18.4. The van der Waals surface area contributed by atoms with Gasteiger partial charge in [0.15, 0.2) is 20.5 Å². The average molecular weight is 1220 g/mol. The third-order valence-corrected chi connectivity index (χ3v) is 15.6. The molecule has 0 aromatic carbocycles. The summed E-state index contributed by atoms with van der Waals surface area (Å²) >= 11 is 3.87. The number of ether oxygens (including phenoxy) is 4. The molecule has 0 atom stereocenters. The maximum Gasteiger partial charge on any atom is 0.333 e. The number of hydrogen-bond acceptors (Lipinski definition) is 27. The number of amides is 7. The molecule has 31 heteroatoms. The largest absolute Gasteiger partial charge is 0.381 e. The molecule has 4 heterocycles. The number of allylic oxidation sites excluding steroid dienone is 1. The summed E-state index contributed by atoms with van der Waals surface area (Å²) in [4.78, 5) is 201. The van der Waals surface area contributed by atoms with Crippen molar-refractivity contribution in [2.45, 2.75) is 128 Å². The Morgan fingerprint density at radius 2 is 0.568 bits per heavy atom. The van der Waals surface area contributed by atoms with Gasteiger partial charge in [0.25, 0.3) is 41.4 Å². The summed E-state index contributed by atoms with van der Waals surface area (Å²) in [7, 11) is 0. The standard InChI is InChI=1S/C50H66N4O23S4/c1-34-6-7-35(55)51(34)74-42(62)14-18-46(66)78-26-2-22-70-30-50(31-71-23-3-27-79-47(67)19-15-43(63)75-52-36(56)8-9-37(52)57,32-72-24-4-28-80-48(68)20-16-44(64)76-53-38(58)10-11-39(53)59)33-73-25-5-29-81-49(69)21-17-45(65)77-54-40(60)12-13-41(54)61/h1-33H2. The molecule has 0 unspecified atom stereocenters. The molecule has 0 saturated carbocycles. The summed E-state index contributed by atoms with van der Waals surface area (Å²) in [6, 6.07) is 0. The summed E-state index contributed by atoms with van der Waals surface area (Å²) in [6.45, 7) is 4.41. The number of nitrogens with zero attached hydrogens (tertiary/aromatic N) is 4. The molecule has 0 aromatic heterocycles. The zero-order valence-electron chi connectivity index (χ0n) is 44.6. The van der Waals surface area contributed by atoms with E-state index in [1.807, 2.05) is 0 Å². The van der Waals surface area contributed by atoms with Crippen LogP contribution in [0, 0.1) is 5.41 Å². The Balaban J connectivity index is 1.28. The minimum absolute atomic E-state index is 0.0149. The van der Waals surface area contributed by atoms with E-state index in [4.69, 9.17) is 38.3 Å². The first-order valence-corrected chi connectivity index (χ1v) is 30.0. The van der Waals surface area contributed by atoms with Gasteiger partial charge in [0.05, 0.1) is 63.2 Å². The highest BCUT2D eigenvalue weighted by atomic mass is 32.2. The van der Waals surface area contributed by atoms with Crippen LogP contribution < -0.4 is 0 Å². The van der Waals surface area contributed by atoms with Crippen LogP contribution in [0.15, 0.2) is 12.3 Å². The van der Waals surface area contributed by atoms with Gasteiger partial charge >= 0.3 is 23.9 Å². The van der Waals surface area contributed by atoms with Gasteiger partial charge in [0.1, 0.15) is 0 Å². The second kappa shape index (κ2) is 36.8. The van der Waals surface area contributed by atoms with Crippen molar-refractivity contribution in [3.63, 3.8) is 0 Å². The average Bonchev–Trinajstić information content (AvgIpc) is 4.17. The molecule has 7 amide bonds. The second-order valence-corrected chi connectivity index (χ2v) is 23.0. The van der Waals surface area contributed by atoms with Crippen molar-refractivity contribution in [3.05, 3.63) is 12.3 Å². The van der Waals surface area contributed by atoms with Gasteiger partial charge in [-0.05, 0) is 32.1 Å². The van der Waals surface area contributed by atoms with Crippen LogP contribution in [0.4, 0.5) is 0 Å². The number of hydroxylamine groups is 8. The molecular weight excluding hydrogens is 1150 g/mol. The maximum atomic E-state index is 12.6. The fourth-order valence-electron chi connectivity index (χ4n) is 7.21. The third-order valence-electron chi connectivity index (χ3n) is 11.5. The van der Waals surface area contributed by atoms with Crippen LogP contribution in [0.1, 0.15) is 128 Å². The summed E-state index contributed by atoms with van der Waals surface area (Å²) in [5.74, 6) is -6.38. The number of rotatable bonds is 40. The highest BCUT2D eigenvalue weighted by molar-refractivity contribution is 8.14. The summed E-state index contributed by atoms with van der Waals surface area (Å²) in [5.41, 5.74) is -0.618. The van der Waals surface area contributed by atoms with Gasteiger partial charge in [-0.2, -0.15) is 0 Å². The van der Waals surface area contributed by atoms with E-state index in [2.05, 4.69) is 6.58 Å². The minimum Gasteiger partial charge on any atom is -0.381 e. The maximum absolute atomic E-state index is 12.6. The number of thioether (sulfide) groups is 4. The fraction of sp³-hybridized carbons (Fsp3) is 0.660. The van der Waals surface area contributed by atoms with Gasteiger partial charge in [-0.15, -0.1) is 20.3 Å². The Labute approximate surface area is 483 Å². The van der Waals surface area contributed by atoms with Crippen LogP contribution in [0.2, 0.25) is 0 Å². The van der Waals surface area contributed by atoms with Crippen molar-refractivity contribution in [3.8, 4) is 0 Å². The molecule has 4 aliphatic heterocycles. The molecule has 81 heavy (non-hydrogen) atoms. The zero-order valence-corrected chi connectivity index (χ0v) is 47.9. The van der Waals surface area contributed by atoms with Crippen molar-refractivity contribution in [1.29, 1.82) is 0 Å². The van der Waals surface area contributed by atoms with Crippen molar-refractivity contribution < 1.29 is 110 Å². The Morgan fingerprint density at radius 1 is 0.346 bits per heavy atom. The first-order valence-electron chi connectivity index (χ1n) is 26.1. The normalized spacial score (nSPS) is 15.6. The monoisotopic (exact) mass is 1220 g/mol. The summed E-state index contributed by atoms with van der Waals surface area (Å²) in [6.07, 6.45) is -0.270. The van der Waals surface area contributed by atoms with Gasteiger partial charge in [-0.1, -0.05) is 53.6 Å². The van der Waals surface area contributed by atoms with E-state index >= 15 is 0 Å². The predicted molar refractivity (Wildman–Crippen MR) is 284 cm³/mol. The van der Waals surface area contributed by atoms with Crippen LogP contribution >= 0.6 is 47.0 Å². The fourth-order valence-corrected chi connectivity index (χ4v) is 10.2. The first-order chi connectivity index (χ1) is 38.7. The highest BCUT2D eigenvalue weighted by Crippen LogP contribution is 2.25. The molecule has 0 radical (unpaired) electrons. The van der Waals surface area contributed by atoms with Gasteiger partial charge in [-0.3, -0.25) is 52.7 Å². The number of hydrogen-bond donors (Lipinski definition) is 0. The highest BCUT2D eigenvalue weighted by Gasteiger charge is 2.36. The number of carbonyl (C=O) groups excluding carboxylic acids is 15. The lowest BCUT2D eigenvalue weighted by atomic mass is 9.92. The molecule has 0 bridgehead atoms. The Kier molecular flexibility index (Phi) is 30.9. The van der Waals surface area contributed by atoms with Crippen molar-refractivity contribution >= 4 is 133 Å². The van der Waals surface area contributed by atoms with E-state index in [1.54, 1.807) is 0 Å². The van der Waals surface area contributed by atoms with Gasteiger partial charge in [0.2, 0.25) is 0 Å².